The smallest absolute Gasteiger partial charge is 0.317 e. The summed E-state index contributed by atoms with van der Waals surface area (Å²) in [6.07, 6.45) is 12.5. The van der Waals surface area contributed by atoms with E-state index in [0.717, 1.165) is 38.8 Å². The molecule has 0 bridgehead atoms. The number of nitrogens with zero attached hydrogens (tertiary/aromatic N) is 3. The van der Waals surface area contributed by atoms with Crippen molar-refractivity contribution < 1.29 is 4.79 Å². The van der Waals surface area contributed by atoms with Gasteiger partial charge in [-0.15, -0.1) is 0 Å². The standard InChI is InChI=1S/C19H28N4O/c1-22-12-10-16(18(22)15-7-6-11-20-13-15)14-23(2)19(24)21-17-8-4-3-5-9-17/h4,6-8,11,13,16-18H,3,5,9-10,12,14H2,1-2H3,(H,21,24)/t16-,17-,18-/m0/s1. The Morgan fingerprint density at radius 3 is 3.04 bits per heavy atom. The van der Waals surface area contributed by atoms with Crippen LogP contribution in [0.3, 0.4) is 0 Å². The number of allylic oxidation sites excluding steroid dienone is 1. The molecule has 1 saturated heterocycles. The lowest BCUT2D eigenvalue weighted by Crippen LogP contribution is -2.44. The minimum Gasteiger partial charge on any atom is -0.332 e. The maximum atomic E-state index is 12.5. The van der Waals surface area contributed by atoms with Gasteiger partial charge in [0.05, 0.1) is 0 Å². The number of amides is 2. The topological polar surface area (TPSA) is 48.5 Å². The molecule has 24 heavy (non-hydrogen) atoms. The molecule has 1 aliphatic heterocycles. The Balaban J connectivity index is 1.60. The van der Waals surface area contributed by atoms with Crippen LogP contribution in [-0.2, 0) is 0 Å². The molecule has 1 N–H and O–H groups in total. The Bertz CT molecular complexity index is 574. The van der Waals surface area contributed by atoms with Gasteiger partial charge in [0.2, 0.25) is 0 Å². The SMILES string of the molecule is CN(C[C@@H]1CCN(C)[C@H]1c1cccnc1)C(=O)N[C@H]1C=CCCC1. The second-order valence-electron chi connectivity index (χ2n) is 7.06. The predicted molar refractivity (Wildman–Crippen MR) is 95.7 cm³/mol. The van der Waals surface area contributed by atoms with Crippen LogP contribution in [0.1, 0.15) is 37.3 Å². The summed E-state index contributed by atoms with van der Waals surface area (Å²) in [5, 5.41) is 3.13. The third-order valence-electron chi connectivity index (χ3n) is 5.22. The molecule has 0 spiro atoms. The third kappa shape index (κ3) is 3.96. The van der Waals surface area contributed by atoms with Gasteiger partial charge in [-0.1, -0.05) is 18.2 Å². The van der Waals surface area contributed by atoms with Gasteiger partial charge in [-0.3, -0.25) is 9.88 Å². The second-order valence-corrected chi connectivity index (χ2v) is 7.06. The zero-order chi connectivity index (χ0) is 16.9. The summed E-state index contributed by atoms with van der Waals surface area (Å²) in [5.41, 5.74) is 1.24. The van der Waals surface area contributed by atoms with Crippen LogP contribution in [0.15, 0.2) is 36.7 Å². The lowest BCUT2D eigenvalue weighted by Gasteiger charge is -2.29. The molecule has 3 atom stereocenters. The van der Waals surface area contributed by atoms with Crippen LogP contribution in [0.25, 0.3) is 0 Å². The molecular formula is C19H28N4O. The number of nitrogens with one attached hydrogen (secondary N) is 1. The van der Waals surface area contributed by atoms with E-state index in [9.17, 15) is 4.79 Å². The molecule has 130 valence electrons. The van der Waals surface area contributed by atoms with Gasteiger partial charge < -0.3 is 10.2 Å². The van der Waals surface area contributed by atoms with Gasteiger partial charge in [-0.2, -0.15) is 0 Å². The maximum absolute atomic E-state index is 12.5. The van der Waals surface area contributed by atoms with Crippen LogP contribution in [0.2, 0.25) is 0 Å². The van der Waals surface area contributed by atoms with Crippen LogP contribution in [0, 0.1) is 5.92 Å². The van der Waals surface area contributed by atoms with E-state index in [2.05, 4.69) is 40.5 Å². The molecule has 0 radical (unpaired) electrons. The molecule has 1 fully saturated rings. The van der Waals surface area contributed by atoms with Crippen molar-refractivity contribution in [3.05, 3.63) is 42.2 Å². The van der Waals surface area contributed by atoms with Crippen molar-refractivity contribution in [1.29, 1.82) is 0 Å². The number of hydrogen-bond donors (Lipinski definition) is 1. The van der Waals surface area contributed by atoms with E-state index in [1.807, 2.05) is 30.4 Å². The van der Waals surface area contributed by atoms with E-state index < -0.39 is 0 Å². The molecule has 5 nitrogen and oxygen atoms in total. The molecule has 0 unspecified atom stereocenters. The third-order valence-corrected chi connectivity index (χ3v) is 5.22. The van der Waals surface area contributed by atoms with E-state index in [4.69, 9.17) is 0 Å². The highest BCUT2D eigenvalue weighted by Crippen LogP contribution is 2.36. The largest absolute Gasteiger partial charge is 0.332 e. The first kappa shape index (κ1) is 17.0. The summed E-state index contributed by atoms with van der Waals surface area (Å²) in [5.74, 6) is 0.442. The van der Waals surface area contributed by atoms with Gasteiger partial charge in [-0.25, -0.2) is 4.79 Å². The van der Waals surface area contributed by atoms with E-state index in [0.29, 0.717) is 12.0 Å². The van der Waals surface area contributed by atoms with E-state index in [1.54, 1.807) is 0 Å². The number of aromatic nitrogens is 1. The molecule has 2 heterocycles. The normalized spacial score (nSPS) is 27.2. The Hall–Kier alpha value is -1.88. The number of likely N-dealkylation sites (tertiary alicyclic amines) is 1. The molecule has 5 heteroatoms. The summed E-state index contributed by atoms with van der Waals surface area (Å²) in [6, 6.07) is 4.69. The van der Waals surface area contributed by atoms with Gasteiger partial charge in [0.25, 0.3) is 0 Å². The van der Waals surface area contributed by atoms with Crippen molar-refractivity contribution >= 4 is 6.03 Å². The monoisotopic (exact) mass is 328 g/mol. The number of hydrogen-bond acceptors (Lipinski definition) is 3. The minimum atomic E-state index is 0.0334. The molecule has 0 saturated carbocycles. The fourth-order valence-corrected chi connectivity index (χ4v) is 3.93. The van der Waals surface area contributed by atoms with Crippen molar-refractivity contribution in [2.75, 3.05) is 27.2 Å². The Morgan fingerprint density at radius 2 is 2.33 bits per heavy atom. The van der Waals surface area contributed by atoms with Crippen LogP contribution in [-0.4, -0.2) is 54.0 Å². The summed E-state index contributed by atoms with van der Waals surface area (Å²) in [6.45, 7) is 1.83. The number of urea groups is 1. The second kappa shape index (κ2) is 7.79. The van der Waals surface area contributed by atoms with E-state index >= 15 is 0 Å². The average Bonchev–Trinajstić information content (AvgIpc) is 2.97. The Kier molecular flexibility index (Phi) is 5.51. The summed E-state index contributed by atoms with van der Waals surface area (Å²) < 4.78 is 0. The van der Waals surface area contributed by atoms with Crippen molar-refractivity contribution in [2.45, 2.75) is 37.8 Å². The molecule has 1 aromatic heterocycles. The van der Waals surface area contributed by atoms with Crippen molar-refractivity contribution in [3.63, 3.8) is 0 Å². The summed E-state index contributed by atoms with van der Waals surface area (Å²) in [4.78, 5) is 21.0. The van der Waals surface area contributed by atoms with Crippen molar-refractivity contribution in [3.8, 4) is 0 Å². The van der Waals surface area contributed by atoms with Crippen molar-refractivity contribution in [2.24, 2.45) is 5.92 Å². The lowest BCUT2D eigenvalue weighted by atomic mass is 9.94. The van der Waals surface area contributed by atoms with Gasteiger partial charge in [0.1, 0.15) is 0 Å². The molecular weight excluding hydrogens is 300 g/mol. The highest BCUT2D eigenvalue weighted by molar-refractivity contribution is 5.74. The molecule has 2 aliphatic rings. The molecule has 1 aromatic rings. The summed E-state index contributed by atoms with van der Waals surface area (Å²) >= 11 is 0. The van der Waals surface area contributed by atoms with Crippen LogP contribution < -0.4 is 5.32 Å². The van der Waals surface area contributed by atoms with E-state index in [1.165, 1.54) is 5.56 Å². The van der Waals surface area contributed by atoms with Gasteiger partial charge in [-0.05, 0) is 56.8 Å². The Morgan fingerprint density at radius 1 is 1.46 bits per heavy atom. The number of carbonyl (C=O) groups excluding carboxylic acids is 1. The molecule has 3 rings (SSSR count). The first-order chi connectivity index (χ1) is 11.6. The fraction of sp³-hybridized carbons (Fsp3) is 0.579. The highest BCUT2D eigenvalue weighted by Gasteiger charge is 2.34. The molecule has 2 amide bonds. The zero-order valence-electron chi connectivity index (χ0n) is 14.7. The first-order valence-electron chi connectivity index (χ1n) is 8.93. The highest BCUT2D eigenvalue weighted by atomic mass is 16.2. The van der Waals surface area contributed by atoms with Crippen LogP contribution in [0.4, 0.5) is 4.79 Å². The Labute approximate surface area is 144 Å². The van der Waals surface area contributed by atoms with Crippen LogP contribution in [0.5, 0.6) is 0 Å². The van der Waals surface area contributed by atoms with Gasteiger partial charge in [0, 0.05) is 38.1 Å². The van der Waals surface area contributed by atoms with Crippen LogP contribution >= 0.6 is 0 Å². The zero-order valence-corrected chi connectivity index (χ0v) is 14.7. The average molecular weight is 328 g/mol. The minimum absolute atomic E-state index is 0.0334. The summed E-state index contributed by atoms with van der Waals surface area (Å²) in [7, 11) is 4.06. The quantitative estimate of drug-likeness (QED) is 0.865. The van der Waals surface area contributed by atoms with E-state index in [-0.39, 0.29) is 12.1 Å². The number of pyridine rings is 1. The number of rotatable bonds is 4. The van der Waals surface area contributed by atoms with Crippen molar-refractivity contribution in [1.82, 2.24) is 20.1 Å². The fourth-order valence-electron chi connectivity index (χ4n) is 3.93. The first-order valence-corrected chi connectivity index (χ1v) is 8.93. The maximum Gasteiger partial charge on any atom is 0.317 e. The molecule has 1 aliphatic carbocycles. The molecule has 0 aromatic carbocycles. The van der Waals surface area contributed by atoms with Gasteiger partial charge >= 0.3 is 6.03 Å². The predicted octanol–water partition coefficient (Wildman–Crippen LogP) is 2.82. The lowest BCUT2D eigenvalue weighted by molar-refractivity contribution is 0.187. The number of carbonyl (C=O) groups is 1. The van der Waals surface area contributed by atoms with Gasteiger partial charge in [0.15, 0.2) is 0 Å².